The lowest BCUT2D eigenvalue weighted by atomic mass is 9.92. The van der Waals surface area contributed by atoms with Crippen molar-refractivity contribution >= 4 is 10.0 Å². The molecule has 0 radical (unpaired) electrons. The third kappa shape index (κ3) is 2.76. The van der Waals surface area contributed by atoms with E-state index in [1.165, 1.54) is 12.3 Å². The molecule has 1 N–H and O–H groups in total. The molecule has 1 aliphatic carbocycles. The summed E-state index contributed by atoms with van der Waals surface area (Å²) < 4.78 is 26.6. The summed E-state index contributed by atoms with van der Waals surface area (Å²) in [4.78, 5) is 11.5. The van der Waals surface area contributed by atoms with E-state index in [0.29, 0.717) is 6.42 Å². The number of hydrogen-bond acceptors (Lipinski definition) is 3. The Morgan fingerprint density at radius 1 is 1.41 bits per heavy atom. The number of pyridine rings is 1. The van der Waals surface area contributed by atoms with Gasteiger partial charge in [-0.3, -0.25) is 4.79 Å². The number of nitrogens with one attached hydrogen (secondary N) is 1. The average Bonchev–Trinajstić information content (AvgIpc) is 2.21. The molecule has 94 valence electrons. The van der Waals surface area contributed by atoms with Gasteiger partial charge in [-0.05, 0) is 24.8 Å². The largest absolute Gasteiger partial charge is 0.315 e. The van der Waals surface area contributed by atoms with E-state index in [1.807, 2.05) is 0 Å². The standard InChI is InChI=1S/C11H16N2O3S/c1-13-10-5-4-9(12-17(2,15)16)7-8(10)3-6-11(13)14/h3,6,9,12H,4-5,7H2,1-2H3/t9-/m0/s1. The maximum absolute atomic E-state index is 11.5. The van der Waals surface area contributed by atoms with Gasteiger partial charge in [-0.2, -0.15) is 0 Å². The molecule has 17 heavy (non-hydrogen) atoms. The minimum atomic E-state index is -3.16. The lowest BCUT2D eigenvalue weighted by molar-refractivity contribution is 0.496. The van der Waals surface area contributed by atoms with Crippen molar-refractivity contribution in [2.75, 3.05) is 6.26 Å². The van der Waals surface area contributed by atoms with Crippen molar-refractivity contribution in [1.29, 1.82) is 0 Å². The van der Waals surface area contributed by atoms with E-state index in [4.69, 9.17) is 0 Å². The molecule has 1 aliphatic rings. The normalized spacial score (nSPS) is 20.0. The molecule has 0 saturated heterocycles. The van der Waals surface area contributed by atoms with Crippen molar-refractivity contribution in [3.05, 3.63) is 33.7 Å². The Morgan fingerprint density at radius 3 is 2.76 bits per heavy atom. The molecule has 6 heteroatoms. The zero-order valence-corrected chi connectivity index (χ0v) is 10.8. The van der Waals surface area contributed by atoms with Crippen LogP contribution in [0.1, 0.15) is 17.7 Å². The smallest absolute Gasteiger partial charge is 0.250 e. The fourth-order valence-corrected chi connectivity index (χ4v) is 3.13. The van der Waals surface area contributed by atoms with Crippen molar-refractivity contribution in [2.45, 2.75) is 25.3 Å². The molecule has 5 nitrogen and oxygen atoms in total. The molecule has 0 bridgehead atoms. The molecule has 0 aliphatic heterocycles. The van der Waals surface area contributed by atoms with Crippen molar-refractivity contribution in [3.63, 3.8) is 0 Å². The van der Waals surface area contributed by atoms with E-state index in [2.05, 4.69) is 4.72 Å². The van der Waals surface area contributed by atoms with Gasteiger partial charge in [0.05, 0.1) is 6.26 Å². The summed E-state index contributed by atoms with van der Waals surface area (Å²) >= 11 is 0. The molecular formula is C11H16N2O3S. The second-order valence-electron chi connectivity index (χ2n) is 4.53. The summed E-state index contributed by atoms with van der Waals surface area (Å²) in [5.74, 6) is 0. The van der Waals surface area contributed by atoms with E-state index >= 15 is 0 Å². The molecule has 0 unspecified atom stereocenters. The molecule has 1 aromatic heterocycles. The van der Waals surface area contributed by atoms with Gasteiger partial charge in [0.2, 0.25) is 15.6 Å². The molecular weight excluding hydrogens is 240 g/mol. The lowest BCUT2D eigenvalue weighted by Gasteiger charge is -2.26. The number of sulfonamides is 1. The van der Waals surface area contributed by atoms with Gasteiger partial charge in [0, 0.05) is 24.8 Å². The van der Waals surface area contributed by atoms with Gasteiger partial charge >= 0.3 is 0 Å². The molecule has 0 spiro atoms. The van der Waals surface area contributed by atoms with Crippen molar-refractivity contribution in [2.24, 2.45) is 7.05 Å². The van der Waals surface area contributed by atoms with Crippen LogP contribution in [0.25, 0.3) is 0 Å². The topological polar surface area (TPSA) is 68.2 Å². The Hall–Kier alpha value is -1.14. The predicted octanol–water partition coefficient (Wildman–Crippen LogP) is -0.208. The minimum absolute atomic E-state index is 0.0155. The summed E-state index contributed by atoms with van der Waals surface area (Å²) in [5, 5.41) is 0. The fourth-order valence-electron chi connectivity index (χ4n) is 2.32. The molecule has 2 rings (SSSR count). The molecule has 0 fully saturated rings. The number of hydrogen-bond donors (Lipinski definition) is 1. The van der Waals surface area contributed by atoms with Crippen LogP contribution in [-0.2, 0) is 29.9 Å². The monoisotopic (exact) mass is 256 g/mol. The highest BCUT2D eigenvalue weighted by atomic mass is 32.2. The van der Waals surface area contributed by atoms with Crippen LogP contribution in [-0.4, -0.2) is 25.3 Å². The van der Waals surface area contributed by atoms with E-state index in [9.17, 15) is 13.2 Å². The van der Waals surface area contributed by atoms with Gasteiger partial charge in [0.25, 0.3) is 0 Å². The highest BCUT2D eigenvalue weighted by molar-refractivity contribution is 7.88. The minimum Gasteiger partial charge on any atom is -0.315 e. The third-order valence-corrected chi connectivity index (χ3v) is 3.87. The summed E-state index contributed by atoms with van der Waals surface area (Å²) in [6.45, 7) is 0. The maximum atomic E-state index is 11.5. The second kappa shape index (κ2) is 4.27. The van der Waals surface area contributed by atoms with Gasteiger partial charge in [-0.1, -0.05) is 6.07 Å². The van der Waals surface area contributed by atoms with E-state index in [1.54, 1.807) is 17.7 Å². The number of fused-ring (bicyclic) bond motifs is 1. The summed E-state index contributed by atoms with van der Waals surface area (Å²) in [6.07, 6.45) is 3.28. The summed E-state index contributed by atoms with van der Waals surface area (Å²) in [5.41, 5.74) is 2.06. The zero-order valence-electron chi connectivity index (χ0n) is 9.93. The van der Waals surface area contributed by atoms with E-state index in [0.717, 1.165) is 24.1 Å². The Labute approximate surface area is 101 Å². The van der Waals surface area contributed by atoms with Gasteiger partial charge in [0.15, 0.2) is 0 Å². The van der Waals surface area contributed by atoms with E-state index < -0.39 is 10.0 Å². The van der Waals surface area contributed by atoms with Gasteiger partial charge in [-0.15, -0.1) is 0 Å². The predicted molar refractivity (Wildman–Crippen MR) is 65.5 cm³/mol. The average molecular weight is 256 g/mol. The van der Waals surface area contributed by atoms with Crippen LogP contribution in [0.5, 0.6) is 0 Å². The van der Waals surface area contributed by atoms with Crippen LogP contribution in [0.15, 0.2) is 16.9 Å². The van der Waals surface area contributed by atoms with Crippen molar-refractivity contribution < 1.29 is 8.42 Å². The molecule has 0 saturated carbocycles. The SMILES string of the molecule is Cn1c2c(ccc1=O)C[C@@H](NS(C)(=O)=O)CC2. The van der Waals surface area contributed by atoms with E-state index in [-0.39, 0.29) is 11.6 Å². The molecule has 1 aromatic rings. The van der Waals surface area contributed by atoms with Crippen molar-refractivity contribution in [1.82, 2.24) is 9.29 Å². The van der Waals surface area contributed by atoms with Gasteiger partial charge in [0.1, 0.15) is 0 Å². The van der Waals surface area contributed by atoms with Crippen LogP contribution in [0.3, 0.4) is 0 Å². The second-order valence-corrected chi connectivity index (χ2v) is 6.31. The first kappa shape index (κ1) is 12.3. The molecule has 1 atom stereocenters. The molecule has 0 amide bonds. The zero-order chi connectivity index (χ0) is 12.6. The van der Waals surface area contributed by atoms with Gasteiger partial charge in [-0.25, -0.2) is 13.1 Å². The fraction of sp³-hybridized carbons (Fsp3) is 0.545. The number of rotatable bonds is 2. The Bertz CT molecular complexity index is 589. The van der Waals surface area contributed by atoms with Crippen LogP contribution < -0.4 is 10.3 Å². The Morgan fingerprint density at radius 2 is 2.12 bits per heavy atom. The summed E-state index contributed by atoms with van der Waals surface area (Å²) in [6, 6.07) is 3.27. The van der Waals surface area contributed by atoms with Crippen LogP contribution >= 0.6 is 0 Å². The first-order valence-electron chi connectivity index (χ1n) is 5.52. The van der Waals surface area contributed by atoms with Crippen LogP contribution in [0.2, 0.25) is 0 Å². The highest BCUT2D eigenvalue weighted by Crippen LogP contribution is 2.19. The molecule has 0 aromatic carbocycles. The van der Waals surface area contributed by atoms with Crippen LogP contribution in [0.4, 0.5) is 0 Å². The number of nitrogens with zero attached hydrogens (tertiary/aromatic N) is 1. The Kier molecular flexibility index (Phi) is 3.09. The first-order chi connectivity index (χ1) is 7.87. The number of aromatic nitrogens is 1. The third-order valence-electron chi connectivity index (χ3n) is 3.11. The summed E-state index contributed by atoms with van der Waals surface area (Å²) in [7, 11) is -1.41. The van der Waals surface area contributed by atoms with Crippen LogP contribution in [0, 0.1) is 0 Å². The van der Waals surface area contributed by atoms with Crippen molar-refractivity contribution in [3.8, 4) is 0 Å². The Balaban J connectivity index is 2.26. The quantitative estimate of drug-likeness (QED) is 0.796. The van der Waals surface area contributed by atoms with Gasteiger partial charge < -0.3 is 4.57 Å². The lowest BCUT2D eigenvalue weighted by Crippen LogP contribution is -2.39. The maximum Gasteiger partial charge on any atom is 0.250 e. The molecule has 1 heterocycles. The first-order valence-corrected chi connectivity index (χ1v) is 7.41. The highest BCUT2D eigenvalue weighted by Gasteiger charge is 2.22.